The average molecular weight is 543 g/mol. The van der Waals surface area contributed by atoms with E-state index < -0.39 is 0 Å². The largest absolute Gasteiger partial charge is 0.383 e. The number of fused-ring (bicyclic) bond motifs is 2. The van der Waals surface area contributed by atoms with Crippen LogP contribution in [0.4, 0.5) is 17.6 Å². The first-order valence-corrected chi connectivity index (χ1v) is 16.0. The van der Waals surface area contributed by atoms with E-state index in [0.717, 1.165) is 88.6 Å². The van der Waals surface area contributed by atoms with Gasteiger partial charge in [0.25, 0.3) is 0 Å². The summed E-state index contributed by atoms with van der Waals surface area (Å²) in [5.74, 6) is 5.69. The van der Waals surface area contributed by atoms with Gasteiger partial charge in [-0.3, -0.25) is 4.90 Å². The minimum Gasteiger partial charge on any atom is -0.383 e. The van der Waals surface area contributed by atoms with Crippen LogP contribution in [0.2, 0.25) is 0 Å². The van der Waals surface area contributed by atoms with E-state index in [9.17, 15) is 0 Å². The molecule has 4 fully saturated rings. The predicted molar refractivity (Wildman–Crippen MR) is 160 cm³/mol. The number of nitrogens with one attached hydrogen (secondary N) is 3. The highest BCUT2D eigenvalue weighted by molar-refractivity contribution is 5.51. The lowest BCUT2D eigenvalue weighted by molar-refractivity contribution is 0.111. The van der Waals surface area contributed by atoms with Gasteiger partial charge >= 0.3 is 0 Å². The lowest BCUT2D eigenvalue weighted by Crippen LogP contribution is -2.47. The number of piperazine rings is 1. The number of hydrogen-bond donors (Lipinski definition) is 4. The van der Waals surface area contributed by atoms with Gasteiger partial charge < -0.3 is 31.3 Å². The molecule has 2 bridgehead atoms. The molecule has 0 radical (unpaired) electrons. The summed E-state index contributed by atoms with van der Waals surface area (Å²) in [6.07, 6.45) is 12.3. The molecule has 9 nitrogen and oxygen atoms in total. The number of rotatable bonds is 15. The Kier molecular flexibility index (Phi) is 10.9. The molecule has 39 heavy (non-hydrogen) atoms. The van der Waals surface area contributed by atoms with Gasteiger partial charge in [0, 0.05) is 58.0 Å². The quantitative estimate of drug-likeness (QED) is 0.249. The number of anilines is 3. The van der Waals surface area contributed by atoms with Gasteiger partial charge in [-0.25, -0.2) is 0 Å². The fourth-order valence-electron chi connectivity index (χ4n) is 7.41. The van der Waals surface area contributed by atoms with Gasteiger partial charge in [0.15, 0.2) is 0 Å². The van der Waals surface area contributed by atoms with Crippen LogP contribution in [0.5, 0.6) is 0 Å². The molecule has 1 saturated heterocycles. The molecule has 5 N–H and O–H groups in total. The maximum atomic E-state index is 6.17. The van der Waals surface area contributed by atoms with Crippen LogP contribution in [0.1, 0.15) is 64.7 Å². The summed E-state index contributed by atoms with van der Waals surface area (Å²) in [5, 5.41) is 11.1. The van der Waals surface area contributed by atoms with Crippen molar-refractivity contribution in [3.05, 3.63) is 6.07 Å². The highest BCUT2D eigenvalue weighted by Gasteiger charge is 2.38. The van der Waals surface area contributed by atoms with E-state index >= 15 is 0 Å². The number of nitrogens with two attached hydrogens (primary N) is 1. The number of nitrogen functional groups attached to an aromatic ring is 1. The third-order valence-corrected chi connectivity index (χ3v) is 9.81. The van der Waals surface area contributed by atoms with E-state index in [1.165, 1.54) is 70.9 Å². The molecule has 4 aliphatic rings. The highest BCUT2D eigenvalue weighted by atomic mass is 16.5. The van der Waals surface area contributed by atoms with Crippen molar-refractivity contribution < 1.29 is 4.74 Å². The fourth-order valence-corrected chi connectivity index (χ4v) is 7.41. The summed E-state index contributed by atoms with van der Waals surface area (Å²) in [6, 6.07) is 2.73. The Balaban J connectivity index is 0.935. The van der Waals surface area contributed by atoms with Crippen LogP contribution >= 0.6 is 0 Å². The van der Waals surface area contributed by atoms with Crippen molar-refractivity contribution in [2.45, 2.75) is 70.8 Å². The van der Waals surface area contributed by atoms with Crippen molar-refractivity contribution >= 4 is 17.6 Å². The molecule has 1 aromatic heterocycles. The van der Waals surface area contributed by atoms with Crippen molar-refractivity contribution in [3.8, 4) is 0 Å². The first kappa shape index (κ1) is 28.8. The molecular weight excluding hydrogens is 488 g/mol. The van der Waals surface area contributed by atoms with Crippen LogP contribution < -0.4 is 26.6 Å². The van der Waals surface area contributed by atoms with Crippen LogP contribution in [-0.2, 0) is 4.74 Å². The van der Waals surface area contributed by atoms with E-state index in [2.05, 4.69) is 30.7 Å². The Hall–Kier alpha value is -1.68. The average Bonchev–Trinajstić information content (AvgIpc) is 3.58. The maximum Gasteiger partial charge on any atom is 0.226 e. The molecule has 1 aromatic rings. The van der Waals surface area contributed by atoms with Crippen molar-refractivity contribution in [2.24, 2.45) is 23.7 Å². The van der Waals surface area contributed by atoms with Crippen molar-refractivity contribution in [1.82, 2.24) is 25.5 Å². The monoisotopic (exact) mass is 542 g/mol. The molecule has 0 unspecified atom stereocenters. The van der Waals surface area contributed by atoms with Gasteiger partial charge in [-0.15, -0.1) is 0 Å². The number of aromatic nitrogens is 2. The van der Waals surface area contributed by atoms with E-state index in [4.69, 9.17) is 15.5 Å². The molecular formula is C30H54N8O. The smallest absolute Gasteiger partial charge is 0.226 e. The van der Waals surface area contributed by atoms with Crippen LogP contribution in [0.25, 0.3) is 0 Å². The molecule has 3 saturated carbocycles. The zero-order valence-corrected chi connectivity index (χ0v) is 24.4. The lowest BCUT2D eigenvalue weighted by atomic mass is 9.82. The van der Waals surface area contributed by atoms with Crippen LogP contribution in [-0.4, -0.2) is 93.0 Å². The summed E-state index contributed by atoms with van der Waals surface area (Å²) >= 11 is 0. The van der Waals surface area contributed by atoms with E-state index in [1.54, 1.807) is 0 Å². The Morgan fingerprint density at radius 3 is 2.46 bits per heavy atom. The Bertz CT molecular complexity index is 855. The molecule has 3 aliphatic carbocycles. The molecule has 1 aliphatic heterocycles. The topological polar surface area (TPSA) is 104 Å². The summed E-state index contributed by atoms with van der Waals surface area (Å²) in [7, 11) is 0. The van der Waals surface area contributed by atoms with E-state index in [-0.39, 0.29) is 0 Å². The second-order valence-electron chi connectivity index (χ2n) is 12.6. The summed E-state index contributed by atoms with van der Waals surface area (Å²) in [6.45, 7) is 13.0. The van der Waals surface area contributed by atoms with Gasteiger partial charge in [0.1, 0.15) is 11.6 Å². The van der Waals surface area contributed by atoms with Gasteiger partial charge in [0.05, 0.1) is 6.61 Å². The molecule has 0 spiro atoms. The lowest BCUT2D eigenvalue weighted by Gasteiger charge is -2.35. The second-order valence-corrected chi connectivity index (χ2v) is 12.6. The molecule has 220 valence electrons. The molecule has 0 aromatic carbocycles. The number of ether oxygens (including phenoxy) is 1. The number of hydrogen-bond acceptors (Lipinski definition) is 9. The van der Waals surface area contributed by atoms with Crippen LogP contribution in [0.3, 0.4) is 0 Å². The van der Waals surface area contributed by atoms with Crippen molar-refractivity contribution in [2.75, 3.05) is 88.1 Å². The first-order chi connectivity index (χ1) is 19.2. The molecule has 2 heterocycles. The van der Waals surface area contributed by atoms with Crippen molar-refractivity contribution in [1.29, 1.82) is 0 Å². The normalized spacial score (nSPS) is 29.3. The Morgan fingerprint density at radius 2 is 1.74 bits per heavy atom. The van der Waals surface area contributed by atoms with Gasteiger partial charge in [-0.05, 0) is 102 Å². The predicted octanol–water partition coefficient (Wildman–Crippen LogP) is 3.19. The molecule has 0 amide bonds. The first-order valence-electron chi connectivity index (χ1n) is 16.0. The zero-order valence-electron chi connectivity index (χ0n) is 24.4. The third-order valence-electron chi connectivity index (χ3n) is 9.81. The van der Waals surface area contributed by atoms with Gasteiger partial charge in [-0.2, -0.15) is 9.97 Å². The standard InChI is InChI=1S/C30H54N8O/c1-2-39-17-16-37-12-14-38(15-13-37)29-20-28(31)35-30(36-29)34-22-24-6-4-23(5-7-24)21-32-10-3-11-33-27-19-25-8-9-26(27)18-25/h20,23-27,32-33H,2-19,21-22H2,1H3,(H3,31,34,35,36)/t23-,24-,25-,26+,27+/m1/s1. The van der Waals surface area contributed by atoms with Gasteiger partial charge in [-0.1, -0.05) is 6.42 Å². The summed E-state index contributed by atoms with van der Waals surface area (Å²) in [4.78, 5) is 14.1. The molecule has 3 atom stereocenters. The zero-order chi connectivity index (χ0) is 26.9. The fraction of sp³-hybridized carbons (Fsp3) is 0.867. The molecule has 5 rings (SSSR count). The second kappa shape index (κ2) is 14.8. The molecule has 9 heteroatoms. The van der Waals surface area contributed by atoms with E-state index in [0.29, 0.717) is 17.7 Å². The highest BCUT2D eigenvalue weighted by Crippen LogP contribution is 2.44. The number of nitrogens with zero attached hydrogens (tertiary/aromatic N) is 4. The van der Waals surface area contributed by atoms with Crippen LogP contribution in [0.15, 0.2) is 6.07 Å². The Morgan fingerprint density at radius 1 is 0.949 bits per heavy atom. The van der Waals surface area contributed by atoms with Crippen molar-refractivity contribution in [3.63, 3.8) is 0 Å². The van der Waals surface area contributed by atoms with Crippen LogP contribution in [0, 0.1) is 23.7 Å². The SMILES string of the molecule is CCOCCN1CCN(c2cc(N)nc(NC[C@H]3CC[C@H](CNCCCN[C@H]4C[C@@H]5CC[C@H]4C5)CC3)n2)CC1. The maximum absolute atomic E-state index is 6.17. The van der Waals surface area contributed by atoms with Gasteiger partial charge in [0.2, 0.25) is 5.95 Å². The Labute approximate surface area is 236 Å². The van der Waals surface area contributed by atoms with E-state index in [1.807, 2.05) is 13.0 Å². The summed E-state index contributed by atoms with van der Waals surface area (Å²) in [5.41, 5.74) is 6.17. The third kappa shape index (κ3) is 8.65. The minimum atomic E-state index is 0.543. The minimum absolute atomic E-state index is 0.543. The summed E-state index contributed by atoms with van der Waals surface area (Å²) < 4.78 is 5.51.